The number of nitrogens with zero attached hydrogens (tertiary/aromatic N) is 3. The quantitative estimate of drug-likeness (QED) is 0.694. The second-order valence-electron chi connectivity index (χ2n) is 7.62. The van der Waals surface area contributed by atoms with Gasteiger partial charge in [-0.05, 0) is 36.6 Å². The van der Waals surface area contributed by atoms with Gasteiger partial charge < -0.3 is 10.1 Å². The van der Waals surface area contributed by atoms with Crippen LogP contribution in [0.1, 0.15) is 43.0 Å². The van der Waals surface area contributed by atoms with Gasteiger partial charge in [-0.2, -0.15) is 14.9 Å². The Kier molecular flexibility index (Phi) is 4.92. The lowest BCUT2D eigenvalue weighted by molar-refractivity contribution is -0.116. The first-order valence-electron chi connectivity index (χ1n) is 9.60. The highest BCUT2D eigenvalue weighted by Crippen LogP contribution is 2.40. The predicted octanol–water partition coefficient (Wildman–Crippen LogP) is 2.77. The van der Waals surface area contributed by atoms with Crippen LogP contribution >= 0.6 is 0 Å². The lowest BCUT2D eigenvalue weighted by atomic mass is 9.86. The summed E-state index contributed by atoms with van der Waals surface area (Å²) in [5.41, 5.74) is 2.44. The smallest absolute Gasteiger partial charge is 0.264 e. The third-order valence-electron chi connectivity index (χ3n) is 4.83. The fourth-order valence-electron chi connectivity index (χ4n) is 3.54. The number of carbonyl (C=O) groups is 1. The van der Waals surface area contributed by atoms with Gasteiger partial charge in [0.15, 0.2) is 5.82 Å². The number of fused-ring (bicyclic) bond motifs is 1. The lowest BCUT2D eigenvalue weighted by Crippen LogP contribution is -2.25. The van der Waals surface area contributed by atoms with Crippen molar-refractivity contribution in [2.45, 2.75) is 33.1 Å². The van der Waals surface area contributed by atoms with Crippen LogP contribution < -0.4 is 15.6 Å². The molecule has 0 bridgehead atoms. The van der Waals surface area contributed by atoms with E-state index < -0.39 is 0 Å². The molecule has 0 radical (unpaired) electrons. The third kappa shape index (κ3) is 3.78. The van der Waals surface area contributed by atoms with E-state index in [1.807, 2.05) is 31.2 Å². The van der Waals surface area contributed by atoms with E-state index in [-0.39, 0.29) is 17.4 Å². The number of aromatic amines is 1. The fourth-order valence-corrected chi connectivity index (χ4v) is 3.54. The van der Waals surface area contributed by atoms with Gasteiger partial charge in [0.25, 0.3) is 5.56 Å². The molecule has 1 amide bonds. The van der Waals surface area contributed by atoms with E-state index in [2.05, 4.69) is 34.5 Å². The van der Waals surface area contributed by atoms with E-state index >= 15 is 0 Å². The minimum Gasteiger partial charge on any atom is -0.493 e. The van der Waals surface area contributed by atoms with E-state index in [1.165, 1.54) is 6.07 Å². The first kappa shape index (κ1) is 18.9. The second kappa shape index (κ2) is 7.54. The van der Waals surface area contributed by atoms with E-state index in [1.54, 1.807) is 10.7 Å². The van der Waals surface area contributed by atoms with Crippen LogP contribution in [0.3, 0.4) is 0 Å². The number of rotatable bonds is 5. The lowest BCUT2D eigenvalue weighted by Gasteiger charge is -2.24. The molecule has 1 aromatic carbocycles. The number of benzene rings is 1. The van der Waals surface area contributed by atoms with Crippen LogP contribution in [0.5, 0.6) is 5.75 Å². The van der Waals surface area contributed by atoms with Crippen molar-refractivity contribution in [3.63, 3.8) is 0 Å². The number of H-pyrrole nitrogens is 1. The fraction of sp³-hybridized carbons (Fsp3) is 0.333. The van der Waals surface area contributed by atoms with Gasteiger partial charge in [0.1, 0.15) is 11.6 Å². The normalized spacial score (nSPS) is 15.9. The predicted molar refractivity (Wildman–Crippen MR) is 109 cm³/mol. The van der Waals surface area contributed by atoms with Crippen LogP contribution in [0, 0.1) is 12.8 Å². The van der Waals surface area contributed by atoms with Crippen LogP contribution in [-0.4, -0.2) is 32.5 Å². The molecule has 3 heterocycles. The Bertz CT molecular complexity index is 1100. The van der Waals surface area contributed by atoms with Crippen molar-refractivity contribution in [2.75, 3.05) is 11.9 Å². The van der Waals surface area contributed by atoms with Crippen molar-refractivity contribution in [1.29, 1.82) is 0 Å². The molecule has 0 aliphatic carbocycles. The molecule has 0 spiro atoms. The van der Waals surface area contributed by atoms with Gasteiger partial charge in [0.2, 0.25) is 5.91 Å². The second-order valence-corrected chi connectivity index (χ2v) is 7.62. The first-order chi connectivity index (χ1) is 13.9. The highest BCUT2D eigenvalue weighted by molar-refractivity contribution is 5.95. The van der Waals surface area contributed by atoms with Gasteiger partial charge >= 0.3 is 0 Å². The summed E-state index contributed by atoms with van der Waals surface area (Å²) in [6.45, 7) is 6.74. The number of hydrogen-bond donors (Lipinski definition) is 2. The van der Waals surface area contributed by atoms with Crippen LogP contribution in [0.25, 0.3) is 5.82 Å². The molecule has 4 rings (SSSR count). The molecule has 2 N–H and O–H groups in total. The molecule has 2 aromatic heterocycles. The highest BCUT2D eigenvalue weighted by Gasteiger charge is 2.33. The minimum absolute atomic E-state index is 0.0958. The van der Waals surface area contributed by atoms with Gasteiger partial charge in [-0.25, -0.2) is 5.10 Å². The summed E-state index contributed by atoms with van der Waals surface area (Å²) in [7, 11) is 0. The Labute approximate surface area is 167 Å². The highest BCUT2D eigenvalue weighted by atomic mass is 16.5. The zero-order valence-corrected chi connectivity index (χ0v) is 16.6. The summed E-state index contributed by atoms with van der Waals surface area (Å²) in [4.78, 5) is 23.8. The van der Waals surface area contributed by atoms with Crippen LogP contribution in [-0.2, 0) is 4.79 Å². The molecule has 1 aliphatic rings. The van der Waals surface area contributed by atoms with Crippen molar-refractivity contribution in [2.24, 2.45) is 5.92 Å². The van der Waals surface area contributed by atoms with Crippen molar-refractivity contribution in [3.05, 3.63) is 63.6 Å². The number of hydrogen-bond acceptors (Lipinski definition) is 5. The topological polar surface area (TPSA) is 102 Å². The monoisotopic (exact) mass is 393 g/mol. The van der Waals surface area contributed by atoms with Gasteiger partial charge in [-0.15, -0.1) is 0 Å². The molecule has 8 heteroatoms. The Morgan fingerprint density at radius 2 is 2.07 bits per heavy atom. The van der Waals surface area contributed by atoms with Crippen molar-refractivity contribution >= 4 is 11.7 Å². The number of carbonyl (C=O) groups excluding carboxylic acids is 1. The van der Waals surface area contributed by atoms with Crippen LogP contribution in [0.15, 0.2) is 41.2 Å². The van der Waals surface area contributed by atoms with E-state index in [0.717, 1.165) is 22.6 Å². The zero-order valence-electron chi connectivity index (χ0n) is 16.6. The number of anilines is 1. The third-order valence-corrected chi connectivity index (χ3v) is 4.83. The zero-order chi connectivity index (χ0) is 20.5. The van der Waals surface area contributed by atoms with Gasteiger partial charge in [0.05, 0.1) is 12.3 Å². The average Bonchev–Trinajstić information content (AvgIpc) is 3.03. The van der Waals surface area contributed by atoms with Gasteiger partial charge in [0, 0.05) is 24.0 Å². The van der Waals surface area contributed by atoms with Crippen LogP contribution in [0.4, 0.5) is 5.82 Å². The SMILES string of the molecule is Cc1nn(-c2ccc(=O)[nH]n2)c2c1C(c1cccc(OCC(C)C)c1)CC(=O)N2. The van der Waals surface area contributed by atoms with E-state index in [4.69, 9.17) is 4.74 Å². The molecular formula is C21H23N5O3. The maximum Gasteiger partial charge on any atom is 0.264 e. The molecule has 29 heavy (non-hydrogen) atoms. The molecule has 150 valence electrons. The molecule has 0 fully saturated rings. The summed E-state index contributed by atoms with van der Waals surface area (Å²) in [5.74, 6) is 1.99. The Morgan fingerprint density at radius 3 is 2.79 bits per heavy atom. The Balaban J connectivity index is 1.75. The van der Waals surface area contributed by atoms with Gasteiger partial charge in [-0.1, -0.05) is 26.0 Å². The molecule has 8 nitrogen and oxygen atoms in total. The van der Waals surface area contributed by atoms with Gasteiger partial charge in [-0.3, -0.25) is 9.59 Å². The summed E-state index contributed by atoms with van der Waals surface area (Å²) in [5, 5.41) is 13.9. The maximum atomic E-state index is 12.5. The number of aromatic nitrogens is 4. The summed E-state index contributed by atoms with van der Waals surface area (Å²) in [6.07, 6.45) is 0.326. The molecule has 3 aromatic rings. The number of amides is 1. The Morgan fingerprint density at radius 1 is 1.24 bits per heavy atom. The largest absolute Gasteiger partial charge is 0.493 e. The molecule has 0 saturated carbocycles. The van der Waals surface area contributed by atoms with Crippen LogP contribution in [0.2, 0.25) is 0 Å². The molecule has 1 unspecified atom stereocenters. The van der Waals surface area contributed by atoms with Crippen molar-refractivity contribution < 1.29 is 9.53 Å². The van der Waals surface area contributed by atoms with Crippen molar-refractivity contribution in [3.8, 4) is 11.6 Å². The number of ether oxygens (including phenoxy) is 1. The number of nitrogens with one attached hydrogen (secondary N) is 2. The summed E-state index contributed by atoms with van der Waals surface area (Å²) < 4.78 is 7.42. The molecule has 0 saturated heterocycles. The standard InChI is InChI=1S/C21H23N5O3/c1-12(2)11-29-15-6-4-5-14(9-15)16-10-19(28)22-21-20(16)13(3)25-26(21)17-7-8-18(27)24-23-17/h4-9,12,16H,10-11H2,1-3H3,(H,22,28)(H,24,27). The summed E-state index contributed by atoms with van der Waals surface area (Å²) in [6, 6.07) is 10.8. The average molecular weight is 393 g/mol. The molecule has 1 aliphatic heterocycles. The van der Waals surface area contributed by atoms with E-state index in [0.29, 0.717) is 30.6 Å². The minimum atomic E-state index is -0.299. The number of aryl methyl sites for hydroxylation is 1. The van der Waals surface area contributed by atoms with E-state index in [9.17, 15) is 9.59 Å². The molecular weight excluding hydrogens is 370 g/mol. The molecule has 1 atom stereocenters. The maximum absolute atomic E-state index is 12.5. The Hall–Kier alpha value is -3.42. The first-order valence-corrected chi connectivity index (χ1v) is 9.60. The summed E-state index contributed by atoms with van der Waals surface area (Å²) >= 11 is 0. The van der Waals surface area contributed by atoms with Crippen molar-refractivity contribution in [1.82, 2.24) is 20.0 Å².